The molecule has 3 atom stereocenters. The van der Waals surface area contributed by atoms with E-state index in [9.17, 15) is 5.11 Å². The molecule has 1 aliphatic rings. The highest BCUT2D eigenvalue weighted by atomic mass is 32.2. The minimum atomic E-state index is -0.137. The highest BCUT2D eigenvalue weighted by Crippen LogP contribution is 2.24. The van der Waals surface area contributed by atoms with Gasteiger partial charge in [0.2, 0.25) is 0 Å². The molecule has 2 nitrogen and oxygen atoms in total. The molecule has 0 aromatic rings. The summed E-state index contributed by atoms with van der Waals surface area (Å²) in [4.78, 5) is 2.39. The molecular formula is C10H21NOS. The number of rotatable bonds is 3. The van der Waals surface area contributed by atoms with Gasteiger partial charge in [-0.3, -0.25) is 4.90 Å². The lowest BCUT2D eigenvalue weighted by atomic mass is 10.2. The lowest BCUT2D eigenvalue weighted by molar-refractivity contribution is 0.108. The summed E-state index contributed by atoms with van der Waals surface area (Å²) in [6, 6.07) is 0. The van der Waals surface area contributed by atoms with E-state index in [1.165, 1.54) is 0 Å². The van der Waals surface area contributed by atoms with Crippen LogP contribution in [0.3, 0.4) is 0 Å². The summed E-state index contributed by atoms with van der Waals surface area (Å²) in [6.07, 6.45) is 0.731. The zero-order valence-corrected chi connectivity index (χ0v) is 9.68. The molecule has 0 radical (unpaired) electrons. The molecule has 1 aliphatic heterocycles. The molecule has 1 fully saturated rings. The van der Waals surface area contributed by atoms with E-state index < -0.39 is 0 Å². The Morgan fingerprint density at radius 3 is 2.38 bits per heavy atom. The van der Waals surface area contributed by atoms with Crippen molar-refractivity contribution in [2.24, 2.45) is 0 Å². The molecule has 0 saturated carbocycles. The Morgan fingerprint density at radius 1 is 1.38 bits per heavy atom. The van der Waals surface area contributed by atoms with Crippen LogP contribution >= 0.6 is 11.8 Å². The smallest absolute Gasteiger partial charge is 0.0664 e. The van der Waals surface area contributed by atoms with Crippen LogP contribution in [0.25, 0.3) is 0 Å². The topological polar surface area (TPSA) is 23.5 Å². The number of β-amino-alcohol motifs (C(OH)–C–C–N with tert-alkyl or cyclic N) is 1. The molecular weight excluding hydrogens is 182 g/mol. The van der Waals surface area contributed by atoms with Crippen molar-refractivity contribution in [3.63, 3.8) is 0 Å². The summed E-state index contributed by atoms with van der Waals surface area (Å²) >= 11 is 2.06. The third kappa shape index (κ3) is 3.88. The van der Waals surface area contributed by atoms with E-state index in [0.717, 1.165) is 26.1 Å². The molecule has 78 valence electrons. The molecule has 13 heavy (non-hydrogen) atoms. The Kier molecular flexibility index (Phi) is 4.56. The monoisotopic (exact) mass is 203 g/mol. The average Bonchev–Trinajstić information content (AvgIpc) is 2.02. The SMILES string of the molecule is CCC(O)CN1CC(C)SC(C)C1. The zero-order chi connectivity index (χ0) is 9.84. The molecule has 1 heterocycles. The number of aliphatic hydroxyl groups excluding tert-OH is 1. The van der Waals surface area contributed by atoms with E-state index in [1.807, 2.05) is 6.92 Å². The Morgan fingerprint density at radius 2 is 1.92 bits per heavy atom. The van der Waals surface area contributed by atoms with E-state index in [0.29, 0.717) is 10.5 Å². The van der Waals surface area contributed by atoms with Crippen LogP contribution in [0, 0.1) is 0 Å². The van der Waals surface area contributed by atoms with Gasteiger partial charge in [0.1, 0.15) is 0 Å². The predicted molar refractivity (Wildman–Crippen MR) is 59.3 cm³/mol. The van der Waals surface area contributed by atoms with Gasteiger partial charge < -0.3 is 5.11 Å². The van der Waals surface area contributed by atoms with Crippen molar-refractivity contribution < 1.29 is 5.11 Å². The van der Waals surface area contributed by atoms with Crippen molar-refractivity contribution in [2.75, 3.05) is 19.6 Å². The van der Waals surface area contributed by atoms with Crippen LogP contribution in [0.1, 0.15) is 27.2 Å². The van der Waals surface area contributed by atoms with E-state index in [-0.39, 0.29) is 6.10 Å². The molecule has 0 aliphatic carbocycles. The van der Waals surface area contributed by atoms with Gasteiger partial charge in [-0.15, -0.1) is 0 Å². The third-order valence-corrected chi connectivity index (χ3v) is 3.66. The Balaban J connectivity index is 2.32. The maximum Gasteiger partial charge on any atom is 0.0664 e. The van der Waals surface area contributed by atoms with E-state index in [4.69, 9.17) is 0 Å². The number of hydrogen-bond acceptors (Lipinski definition) is 3. The summed E-state index contributed by atoms with van der Waals surface area (Å²) in [5.41, 5.74) is 0. The number of aliphatic hydroxyl groups is 1. The Hall–Kier alpha value is 0.270. The maximum absolute atomic E-state index is 9.53. The fourth-order valence-electron chi connectivity index (χ4n) is 1.86. The zero-order valence-electron chi connectivity index (χ0n) is 8.86. The van der Waals surface area contributed by atoms with Gasteiger partial charge in [-0.25, -0.2) is 0 Å². The maximum atomic E-state index is 9.53. The van der Waals surface area contributed by atoms with Gasteiger partial charge in [0.25, 0.3) is 0 Å². The van der Waals surface area contributed by atoms with Crippen LogP contribution in [-0.2, 0) is 0 Å². The minimum absolute atomic E-state index is 0.137. The van der Waals surface area contributed by atoms with Crippen LogP contribution in [0.4, 0.5) is 0 Å². The molecule has 0 aromatic heterocycles. The molecule has 1 N–H and O–H groups in total. The van der Waals surface area contributed by atoms with Crippen LogP contribution in [0.2, 0.25) is 0 Å². The molecule has 3 heteroatoms. The Labute approximate surface area is 85.7 Å². The highest BCUT2D eigenvalue weighted by Gasteiger charge is 2.23. The summed E-state index contributed by atoms with van der Waals surface area (Å²) in [7, 11) is 0. The summed E-state index contributed by atoms with van der Waals surface area (Å²) in [5, 5.41) is 11.0. The standard InChI is InChI=1S/C10H21NOS/c1-4-10(12)7-11-5-8(2)13-9(3)6-11/h8-10,12H,4-7H2,1-3H3. The first-order valence-corrected chi connectivity index (χ1v) is 6.12. The first kappa shape index (κ1) is 11.3. The van der Waals surface area contributed by atoms with Gasteiger partial charge in [-0.05, 0) is 6.42 Å². The third-order valence-electron chi connectivity index (χ3n) is 2.44. The van der Waals surface area contributed by atoms with Crippen molar-refractivity contribution in [3.8, 4) is 0 Å². The molecule has 1 rings (SSSR count). The van der Waals surface area contributed by atoms with E-state index in [1.54, 1.807) is 0 Å². The fraction of sp³-hybridized carbons (Fsp3) is 1.00. The van der Waals surface area contributed by atoms with Crippen LogP contribution in [-0.4, -0.2) is 46.2 Å². The fourth-order valence-corrected chi connectivity index (χ4v) is 3.25. The second-order valence-electron chi connectivity index (χ2n) is 4.04. The van der Waals surface area contributed by atoms with Gasteiger partial charge in [0.05, 0.1) is 6.10 Å². The van der Waals surface area contributed by atoms with Gasteiger partial charge in [0.15, 0.2) is 0 Å². The van der Waals surface area contributed by atoms with Gasteiger partial charge in [-0.1, -0.05) is 20.8 Å². The summed E-state index contributed by atoms with van der Waals surface area (Å²) in [5.74, 6) is 0. The van der Waals surface area contributed by atoms with Crippen LogP contribution in [0.5, 0.6) is 0 Å². The number of nitrogens with zero attached hydrogens (tertiary/aromatic N) is 1. The summed E-state index contributed by atoms with van der Waals surface area (Å²) < 4.78 is 0. The second kappa shape index (κ2) is 5.23. The Bertz CT molecular complexity index is 144. The minimum Gasteiger partial charge on any atom is -0.392 e. The largest absolute Gasteiger partial charge is 0.392 e. The van der Waals surface area contributed by atoms with Crippen molar-refractivity contribution in [3.05, 3.63) is 0 Å². The first-order chi connectivity index (χ1) is 6.11. The molecule has 0 bridgehead atoms. The molecule has 3 unspecified atom stereocenters. The van der Waals surface area contributed by atoms with Crippen molar-refractivity contribution in [1.29, 1.82) is 0 Å². The van der Waals surface area contributed by atoms with Crippen molar-refractivity contribution in [1.82, 2.24) is 4.90 Å². The van der Waals surface area contributed by atoms with Crippen LogP contribution < -0.4 is 0 Å². The lowest BCUT2D eigenvalue weighted by Gasteiger charge is -2.35. The first-order valence-electron chi connectivity index (χ1n) is 5.17. The van der Waals surface area contributed by atoms with E-state index in [2.05, 4.69) is 30.5 Å². The predicted octanol–water partition coefficient (Wildman–Crippen LogP) is 1.58. The summed E-state index contributed by atoms with van der Waals surface area (Å²) in [6.45, 7) is 9.69. The quantitative estimate of drug-likeness (QED) is 0.753. The highest BCUT2D eigenvalue weighted by molar-refractivity contribution is 8.00. The van der Waals surface area contributed by atoms with Gasteiger partial charge >= 0.3 is 0 Å². The number of hydrogen-bond donors (Lipinski definition) is 1. The molecule has 1 saturated heterocycles. The molecule has 0 aromatic carbocycles. The van der Waals surface area contributed by atoms with Crippen molar-refractivity contribution >= 4 is 11.8 Å². The molecule has 0 spiro atoms. The van der Waals surface area contributed by atoms with Crippen molar-refractivity contribution in [2.45, 2.75) is 43.8 Å². The van der Waals surface area contributed by atoms with E-state index >= 15 is 0 Å². The lowest BCUT2D eigenvalue weighted by Crippen LogP contribution is -2.43. The second-order valence-corrected chi connectivity index (χ2v) is 5.92. The van der Waals surface area contributed by atoms with Gasteiger partial charge in [0, 0.05) is 30.1 Å². The number of thioether (sulfide) groups is 1. The van der Waals surface area contributed by atoms with Crippen LogP contribution in [0.15, 0.2) is 0 Å². The molecule has 0 amide bonds. The normalized spacial score (nSPS) is 33.2. The average molecular weight is 203 g/mol. The van der Waals surface area contributed by atoms with Gasteiger partial charge in [-0.2, -0.15) is 11.8 Å².